The van der Waals surface area contributed by atoms with Gasteiger partial charge < -0.3 is 0 Å². The molecule has 3 aromatic rings. The molecule has 1 aromatic heterocycles. The van der Waals surface area contributed by atoms with Gasteiger partial charge in [-0.05, 0) is 36.1 Å². The largest absolute Gasteiger partial charge is 0.272 e. The molecule has 0 atom stereocenters. The van der Waals surface area contributed by atoms with Gasteiger partial charge in [-0.1, -0.05) is 36.0 Å². The maximum atomic E-state index is 11.9. The molecule has 3 rings (SSSR count). The Bertz CT molecular complexity index is 826. The van der Waals surface area contributed by atoms with E-state index in [0.29, 0.717) is 5.75 Å². The third-order valence-electron chi connectivity index (χ3n) is 3.12. The van der Waals surface area contributed by atoms with E-state index in [1.54, 1.807) is 29.3 Å². The zero-order valence-electron chi connectivity index (χ0n) is 12.9. The summed E-state index contributed by atoms with van der Waals surface area (Å²) in [6, 6.07) is 15.9. The lowest BCUT2D eigenvalue weighted by molar-refractivity contribution is -0.118. The lowest BCUT2D eigenvalue weighted by atomic mass is 10.2. The highest BCUT2D eigenvalue weighted by Crippen LogP contribution is 2.28. The number of fused-ring (bicyclic) bond motifs is 1. The average Bonchev–Trinajstić information content (AvgIpc) is 3.03. The van der Waals surface area contributed by atoms with Crippen LogP contribution in [-0.2, 0) is 4.79 Å². The number of rotatable bonds is 6. The SMILES string of the molecule is CSc1ccc(/C=N/NC(=O)CSc2nc3ccccc3s2)cc1. The Hall–Kier alpha value is -1.83. The van der Waals surface area contributed by atoms with Gasteiger partial charge in [-0.15, -0.1) is 23.1 Å². The van der Waals surface area contributed by atoms with Crippen molar-refractivity contribution in [2.45, 2.75) is 9.24 Å². The minimum Gasteiger partial charge on any atom is -0.272 e. The first-order valence-corrected chi connectivity index (χ1v) is 10.2. The molecule has 0 bridgehead atoms. The van der Waals surface area contributed by atoms with Gasteiger partial charge in [0.05, 0.1) is 22.2 Å². The molecule has 1 amide bonds. The Morgan fingerprint density at radius 2 is 2.04 bits per heavy atom. The van der Waals surface area contributed by atoms with Crippen LogP contribution in [0.4, 0.5) is 0 Å². The lowest BCUT2D eigenvalue weighted by Gasteiger charge is -1.98. The van der Waals surface area contributed by atoms with E-state index in [1.807, 2.05) is 54.8 Å². The van der Waals surface area contributed by atoms with E-state index in [9.17, 15) is 4.79 Å². The second-order valence-corrected chi connectivity index (χ2v) is 7.94. The summed E-state index contributed by atoms with van der Waals surface area (Å²) in [7, 11) is 0. The van der Waals surface area contributed by atoms with Gasteiger partial charge in [-0.25, -0.2) is 10.4 Å². The van der Waals surface area contributed by atoms with Crippen LogP contribution >= 0.6 is 34.9 Å². The summed E-state index contributed by atoms with van der Waals surface area (Å²) in [4.78, 5) is 17.5. The number of nitrogens with one attached hydrogen (secondary N) is 1. The first-order valence-electron chi connectivity index (χ1n) is 7.19. The highest BCUT2D eigenvalue weighted by molar-refractivity contribution is 8.01. The summed E-state index contributed by atoms with van der Waals surface area (Å²) < 4.78 is 2.02. The molecule has 0 unspecified atom stereocenters. The molecule has 0 spiro atoms. The van der Waals surface area contributed by atoms with Crippen molar-refractivity contribution >= 4 is 57.2 Å². The van der Waals surface area contributed by atoms with Gasteiger partial charge >= 0.3 is 0 Å². The van der Waals surface area contributed by atoms with Crippen LogP contribution in [0, 0.1) is 0 Å². The van der Waals surface area contributed by atoms with Crippen molar-refractivity contribution in [1.82, 2.24) is 10.4 Å². The molecule has 2 aromatic carbocycles. The number of nitrogens with zero attached hydrogens (tertiary/aromatic N) is 2. The quantitative estimate of drug-likeness (QED) is 0.398. The second kappa shape index (κ2) is 8.32. The van der Waals surface area contributed by atoms with Crippen LogP contribution in [-0.4, -0.2) is 29.1 Å². The number of amides is 1. The van der Waals surface area contributed by atoms with Crippen LogP contribution < -0.4 is 5.43 Å². The number of carbonyl (C=O) groups excluding carboxylic acids is 1. The Morgan fingerprint density at radius 1 is 1.25 bits per heavy atom. The van der Waals surface area contributed by atoms with Crippen LogP contribution in [0.3, 0.4) is 0 Å². The Kier molecular flexibility index (Phi) is 5.90. The Morgan fingerprint density at radius 3 is 2.79 bits per heavy atom. The second-order valence-electron chi connectivity index (χ2n) is 4.80. The molecule has 0 radical (unpaired) electrons. The summed E-state index contributed by atoms with van der Waals surface area (Å²) in [5, 5.41) is 3.99. The number of hydrogen-bond donors (Lipinski definition) is 1. The molecule has 0 saturated heterocycles. The number of benzene rings is 2. The smallest absolute Gasteiger partial charge is 0.250 e. The van der Waals surface area contributed by atoms with E-state index in [2.05, 4.69) is 15.5 Å². The third kappa shape index (κ3) is 4.59. The zero-order chi connectivity index (χ0) is 16.8. The Balaban J connectivity index is 1.49. The molecular formula is C17H15N3OS3. The van der Waals surface area contributed by atoms with Crippen molar-refractivity contribution in [3.63, 3.8) is 0 Å². The molecule has 4 nitrogen and oxygen atoms in total. The van der Waals surface area contributed by atoms with Gasteiger partial charge in [0, 0.05) is 4.90 Å². The molecule has 1 N–H and O–H groups in total. The minimum absolute atomic E-state index is 0.142. The van der Waals surface area contributed by atoms with Crippen LogP contribution in [0.5, 0.6) is 0 Å². The highest BCUT2D eigenvalue weighted by atomic mass is 32.2. The number of carbonyl (C=O) groups is 1. The lowest BCUT2D eigenvalue weighted by Crippen LogP contribution is -2.19. The molecular weight excluding hydrogens is 358 g/mol. The Labute approximate surface area is 152 Å². The van der Waals surface area contributed by atoms with E-state index < -0.39 is 0 Å². The van der Waals surface area contributed by atoms with Gasteiger partial charge in [0.1, 0.15) is 0 Å². The molecule has 0 aliphatic heterocycles. The van der Waals surface area contributed by atoms with E-state index >= 15 is 0 Å². The minimum atomic E-state index is -0.142. The number of para-hydroxylation sites is 1. The zero-order valence-corrected chi connectivity index (χ0v) is 15.4. The summed E-state index contributed by atoms with van der Waals surface area (Å²) in [5.74, 6) is 0.152. The maximum absolute atomic E-state index is 11.9. The molecule has 0 aliphatic carbocycles. The van der Waals surface area contributed by atoms with Crippen molar-refractivity contribution in [1.29, 1.82) is 0 Å². The van der Waals surface area contributed by atoms with Crippen LogP contribution in [0.15, 0.2) is 62.9 Å². The van der Waals surface area contributed by atoms with Gasteiger partial charge in [0.25, 0.3) is 5.91 Å². The molecule has 0 saturated carbocycles. The predicted octanol–water partition coefficient (Wildman–Crippen LogP) is 4.26. The van der Waals surface area contributed by atoms with Crippen molar-refractivity contribution in [2.24, 2.45) is 5.10 Å². The summed E-state index contributed by atoms with van der Waals surface area (Å²) in [6.45, 7) is 0. The average molecular weight is 374 g/mol. The normalized spacial score (nSPS) is 11.2. The number of aromatic nitrogens is 1. The van der Waals surface area contributed by atoms with Gasteiger partial charge in [-0.3, -0.25) is 4.79 Å². The summed E-state index contributed by atoms with van der Waals surface area (Å²) in [6.07, 6.45) is 3.68. The van der Waals surface area contributed by atoms with Crippen LogP contribution in [0.2, 0.25) is 0 Å². The fraction of sp³-hybridized carbons (Fsp3) is 0.118. The molecule has 1 heterocycles. The highest BCUT2D eigenvalue weighted by Gasteiger charge is 2.06. The number of hydrogen-bond acceptors (Lipinski definition) is 6. The van der Waals surface area contributed by atoms with Crippen molar-refractivity contribution in [2.75, 3.05) is 12.0 Å². The summed E-state index contributed by atoms with van der Waals surface area (Å²) >= 11 is 4.71. The molecule has 122 valence electrons. The van der Waals surface area contributed by atoms with Crippen molar-refractivity contribution in [3.05, 3.63) is 54.1 Å². The number of hydrazone groups is 1. The molecule has 7 heteroatoms. The first-order chi connectivity index (χ1) is 11.7. The van der Waals surface area contributed by atoms with Crippen molar-refractivity contribution in [3.8, 4) is 0 Å². The molecule has 0 fully saturated rings. The van der Waals surface area contributed by atoms with E-state index in [0.717, 1.165) is 20.1 Å². The monoisotopic (exact) mass is 373 g/mol. The van der Waals surface area contributed by atoms with Gasteiger partial charge in [-0.2, -0.15) is 5.10 Å². The predicted molar refractivity (Wildman–Crippen MR) is 104 cm³/mol. The van der Waals surface area contributed by atoms with E-state index in [4.69, 9.17) is 0 Å². The van der Waals surface area contributed by atoms with Gasteiger partial charge in [0.2, 0.25) is 0 Å². The standard InChI is InChI=1S/C17H15N3OS3/c1-22-13-8-6-12(7-9-13)10-18-20-16(21)11-23-17-19-14-4-2-3-5-15(14)24-17/h2-10H,11H2,1H3,(H,20,21)/b18-10+. The number of thiazole rings is 1. The topological polar surface area (TPSA) is 54.4 Å². The van der Waals surface area contributed by atoms with Crippen molar-refractivity contribution < 1.29 is 4.79 Å². The van der Waals surface area contributed by atoms with E-state index in [1.165, 1.54) is 16.7 Å². The van der Waals surface area contributed by atoms with E-state index in [-0.39, 0.29) is 5.91 Å². The molecule has 0 aliphatic rings. The van der Waals surface area contributed by atoms with Crippen LogP contribution in [0.1, 0.15) is 5.56 Å². The first kappa shape index (κ1) is 17.0. The molecule has 24 heavy (non-hydrogen) atoms. The van der Waals surface area contributed by atoms with Crippen LogP contribution in [0.25, 0.3) is 10.2 Å². The fourth-order valence-corrected chi connectivity index (χ4v) is 4.21. The third-order valence-corrected chi connectivity index (χ3v) is 6.04. The number of thioether (sulfide) groups is 2. The summed E-state index contributed by atoms with van der Waals surface area (Å²) in [5.41, 5.74) is 4.47. The van der Waals surface area contributed by atoms with Gasteiger partial charge in [0.15, 0.2) is 4.34 Å². The fourth-order valence-electron chi connectivity index (χ4n) is 1.94. The maximum Gasteiger partial charge on any atom is 0.250 e.